The molecule has 0 unspecified atom stereocenters. The van der Waals surface area contributed by atoms with Gasteiger partial charge >= 0.3 is 0 Å². The van der Waals surface area contributed by atoms with Gasteiger partial charge in [-0.3, -0.25) is 4.79 Å². The monoisotopic (exact) mass is 185 g/mol. The van der Waals surface area contributed by atoms with Gasteiger partial charge in [-0.05, 0) is 0 Å². The number of fused-ring (bicyclic) bond motifs is 1. The molecule has 13 heavy (non-hydrogen) atoms. The molecule has 0 spiro atoms. The zero-order valence-electron chi connectivity index (χ0n) is 6.34. The predicted octanol–water partition coefficient (Wildman–Crippen LogP) is 1.19. The van der Waals surface area contributed by atoms with Gasteiger partial charge < -0.3 is 4.98 Å². The lowest BCUT2D eigenvalue weighted by Crippen LogP contribution is -2.07. The summed E-state index contributed by atoms with van der Waals surface area (Å²) in [5.74, 6) is 0. The van der Waals surface area contributed by atoms with E-state index in [4.69, 9.17) is 0 Å². The van der Waals surface area contributed by atoms with Gasteiger partial charge in [-0.1, -0.05) is 0 Å². The Bertz CT molecular complexity index is 488. The Morgan fingerprint density at radius 2 is 2.23 bits per heavy atom. The molecule has 0 saturated carbocycles. The predicted molar refractivity (Wildman–Crippen MR) is 41.7 cm³/mol. The summed E-state index contributed by atoms with van der Waals surface area (Å²) < 4.78 is 24.6. The Kier molecular flexibility index (Phi) is 1.61. The van der Waals surface area contributed by atoms with Crippen LogP contribution in [0.1, 0.15) is 12.0 Å². The minimum Gasteiger partial charge on any atom is -0.359 e. The SMILES string of the molecule is O=c1[nH]ncc2[nH]cc(C(F)F)c12. The first kappa shape index (κ1) is 7.90. The van der Waals surface area contributed by atoms with Crippen molar-refractivity contribution in [1.82, 2.24) is 15.2 Å². The smallest absolute Gasteiger partial charge is 0.274 e. The Balaban J connectivity index is 2.87. The molecule has 0 radical (unpaired) electrons. The molecule has 0 atom stereocenters. The zero-order valence-corrected chi connectivity index (χ0v) is 6.34. The van der Waals surface area contributed by atoms with Crippen molar-refractivity contribution in [3.05, 3.63) is 28.3 Å². The van der Waals surface area contributed by atoms with Crippen LogP contribution in [0.4, 0.5) is 8.78 Å². The normalized spacial score (nSPS) is 11.3. The van der Waals surface area contributed by atoms with Gasteiger partial charge in [0.2, 0.25) is 0 Å². The first-order chi connectivity index (χ1) is 6.20. The van der Waals surface area contributed by atoms with Crippen LogP contribution in [0.5, 0.6) is 0 Å². The van der Waals surface area contributed by atoms with E-state index >= 15 is 0 Å². The third-order valence-corrected chi connectivity index (χ3v) is 1.76. The van der Waals surface area contributed by atoms with Gasteiger partial charge in [0.25, 0.3) is 12.0 Å². The van der Waals surface area contributed by atoms with E-state index in [9.17, 15) is 13.6 Å². The fraction of sp³-hybridized carbons (Fsp3) is 0.143. The maximum absolute atomic E-state index is 12.3. The van der Waals surface area contributed by atoms with Gasteiger partial charge in [-0.15, -0.1) is 0 Å². The summed E-state index contributed by atoms with van der Waals surface area (Å²) in [6, 6.07) is 0. The highest BCUT2D eigenvalue weighted by atomic mass is 19.3. The second kappa shape index (κ2) is 2.65. The van der Waals surface area contributed by atoms with Crippen LogP contribution in [0.15, 0.2) is 17.2 Å². The summed E-state index contributed by atoms with van der Waals surface area (Å²) >= 11 is 0. The van der Waals surface area contributed by atoms with Gasteiger partial charge in [0.05, 0.1) is 17.1 Å². The van der Waals surface area contributed by atoms with Crippen LogP contribution in [0.2, 0.25) is 0 Å². The second-order valence-corrected chi connectivity index (χ2v) is 2.53. The number of rotatable bonds is 1. The maximum Gasteiger partial charge on any atom is 0.274 e. The molecule has 2 rings (SSSR count). The molecular weight excluding hydrogens is 180 g/mol. The summed E-state index contributed by atoms with van der Waals surface area (Å²) in [5, 5.41) is 5.55. The average molecular weight is 185 g/mol. The average Bonchev–Trinajstić information content (AvgIpc) is 2.49. The van der Waals surface area contributed by atoms with E-state index in [1.807, 2.05) is 0 Å². The summed E-state index contributed by atoms with van der Waals surface area (Å²) in [6.45, 7) is 0. The molecule has 2 aromatic heterocycles. The topological polar surface area (TPSA) is 61.5 Å². The van der Waals surface area contributed by atoms with Crippen molar-refractivity contribution < 1.29 is 8.78 Å². The molecule has 0 aliphatic carbocycles. The molecule has 68 valence electrons. The molecule has 6 heteroatoms. The Morgan fingerprint density at radius 3 is 2.92 bits per heavy atom. The number of H-pyrrole nitrogens is 2. The molecule has 0 fully saturated rings. The highest BCUT2D eigenvalue weighted by Crippen LogP contribution is 2.23. The van der Waals surface area contributed by atoms with Gasteiger partial charge in [-0.2, -0.15) is 5.10 Å². The van der Waals surface area contributed by atoms with Gasteiger partial charge in [-0.25, -0.2) is 13.9 Å². The Labute approximate surface area is 70.6 Å². The minimum absolute atomic E-state index is 0.0231. The highest BCUT2D eigenvalue weighted by Gasteiger charge is 2.15. The van der Waals surface area contributed by atoms with Crippen molar-refractivity contribution >= 4 is 10.9 Å². The van der Waals surface area contributed by atoms with Gasteiger partial charge in [0.1, 0.15) is 0 Å². The summed E-state index contributed by atoms with van der Waals surface area (Å²) in [6.07, 6.45) is -0.244. The van der Waals surface area contributed by atoms with Crippen LogP contribution >= 0.6 is 0 Å². The molecule has 2 heterocycles. The lowest BCUT2D eigenvalue weighted by Gasteiger charge is -1.93. The molecule has 0 bridgehead atoms. The summed E-state index contributed by atoms with van der Waals surface area (Å²) in [5.41, 5.74) is -0.577. The van der Waals surface area contributed by atoms with Crippen LogP contribution in [0, 0.1) is 0 Å². The summed E-state index contributed by atoms with van der Waals surface area (Å²) in [7, 11) is 0. The van der Waals surface area contributed by atoms with Crippen molar-refractivity contribution in [2.75, 3.05) is 0 Å². The van der Waals surface area contributed by atoms with Crippen LogP contribution in [-0.2, 0) is 0 Å². The third kappa shape index (κ3) is 1.10. The van der Waals surface area contributed by atoms with E-state index in [1.165, 1.54) is 6.20 Å². The largest absolute Gasteiger partial charge is 0.359 e. The van der Waals surface area contributed by atoms with E-state index in [2.05, 4.69) is 15.2 Å². The third-order valence-electron chi connectivity index (χ3n) is 1.76. The standard InChI is InChI=1S/C7H5F2N3O/c8-6(9)3-1-10-4-2-11-12-7(13)5(3)4/h1-2,6,10H,(H,12,13). The molecule has 4 nitrogen and oxygen atoms in total. The quantitative estimate of drug-likeness (QED) is 0.700. The van der Waals surface area contributed by atoms with Crippen LogP contribution in [0.25, 0.3) is 10.9 Å². The maximum atomic E-state index is 12.3. The molecular formula is C7H5F2N3O. The van der Waals surface area contributed by atoms with Crippen molar-refractivity contribution in [2.24, 2.45) is 0 Å². The van der Waals surface area contributed by atoms with E-state index < -0.39 is 12.0 Å². The van der Waals surface area contributed by atoms with Crippen molar-refractivity contribution in [1.29, 1.82) is 0 Å². The van der Waals surface area contributed by atoms with Gasteiger partial charge in [0, 0.05) is 11.8 Å². The lowest BCUT2D eigenvalue weighted by molar-refractivity contribution is 0.153. The molecule has 0 amide bonds. The number of halogens is 2. The molecule has 2 N–H and O–H groups in total. The zero-order chi connectivity index (χ0) is 9.42. The Hall–Kier alpha value is -1.72. The second-order valence-electron chi connectivity index (χ2n) is 2.53. The molecule has 0 aromatic carbocycles. The number of nitrogens with one attached hydrogen (secondary N) is 2. The first-order valence-electron chi connectivity index (χ1n) is 3.53. The molecule has 0 aliphatic rings. The fourth-order valence-electron chi connectivity index (χ4n) is 1.19. The molecule has 2 aromatic rings. The number of alkyl halides is 2. The minimum atomic E-state index is -2.66. The first-order valence-corrected chi connectivity index (χ1v) is 3.53. The van der Waals surface area contributed by atoms with Crippen LogP contribution in [-0.4, -0.2) is 15.2 Å². The number of aromatic nitrogens is 3. The van der Waals surface area contributed by atoms with Crippen molar-refractivity contribution in [3.8, 4) is 0 Å². The van der Waals surface area contributed by atoms with E-state index in [-0.39, 0.29) is 10.9 Å². The fourth-order valence-corrected chi connectivity index (χ4v) is 1.19. The highest BCUT2D eigenvalue weighted by molar-refractivity contribution is 5.81. The Morgan fingerprint density at radius 1 is 1.46 bits per heavy atom. The van der Waals surface area contributed by atoms with Gasteiger partial charge in [0.15, 0.2) is 0 Å². The van der Waals surface area contributed by atoms with Crippen molar-refractivity contribution in [3.63, 3.8) is 0 Å². The number of hydrogen-bond acceptors (Lipinski definition) is 2. The number of hydrogen-bond donors (Lipinski definition) is 2. The number of aromatic amines is 2. The summed E-state index contributed by atoms with van der Waals surface area (Å²) in [4.78, 5) is 13.6. The molecule has 0 aliphatic heterocycles. The van der Waals surface area contributed by atoms with E-state index in [0.717, 1.165) is 6.20 Å². The lowest BCUT2D eigenvalue weighted by atomic mass is 10.2. The van der Waals surface area contributed by atoms with E-state index in [1.54, 1.807) is 0 Å². The van der Waals surface area contributed by atoms with Crippen LogP contribution in [0.3, 0.4) is 0 Å². The van der Waals surface area contributed by atoms with Crippen LogP contribution < -0.4 is 5.56 Å². The van der Waals surface area contributed by atoms with E-state index in [0.29, 0.717) is 5.52 Å². The van der Waals surface area contributed by atoms with Crippen molar-refractivity contribution in [2.45, 2.75) is 6.43 Å². The molecule has 0 saturated heterocycles. The number of nitrogens with zero attached hydrogens (tertiary/aromatic N) is 1.